The second-order valence-electron chi connectivity index (χ2n) is 2.59. The first-order valence-corrected chi connectivity index (χ1v) is 4.15. The fraction of sp³-hybridized carbons (Fsp3) is 0.556. The molecule has 0 aliphatic carbocycles. The smallest absolute Gasteiger partial charge is 0.358 e. The Kier molecular flexibility index (Phi) is 5.59. The summed E-state index contributed by atoms with van der Waals surface area (Å²) in [5, 5.41) is 0. The summed E-state index contributed by atoms with van der Waals surface area (Å²) in [7, 11) is 3.65. The normalized spacial score (nSPS) is 11.8. The molecule has 0 unspecified atom stereocenters. The Morgan fingerprint density at radius 2 is 2.15 bits per heavy atom. The van der Waals surface area contributed by atoms with Crippen molar-refractivity contribution in [3.05, 3.63) is 11.9 Å². The lowest BCUT2D eigenvalue weighted by atomic mass is 10.4. The number of carbonyl (C=O) groups excluding carboxylic acids is 1. The quantitative estimate of drug-likeness (QED) is 0.372. The van der Waals surface area contributed by atoms with E-state index in [0.29, 0.717) is 12.3 Å². The summed E-state index contributed by atoms with van der Waals surface area (Å²) in [5.74, 6) is -0.394. The number of hydrogen-bond acceptors (Lipinski definition) is 4. The molecule has 0 aromatic rings. The van der Waals surface area contributed by atoms with Crippen molar-refractivity contribution < 1.29 is 9.53 Å². The Hall–Kier alpha value is -1.32. The summed E-state index contributed by atoms with van der Waals surface area (Å²) in [6.45, 7) is 3.88. The van der Waals surface area contributed by atoms with Gasteiger partial charge >= 0.3 is 5.97 Å². The first-order valence-electron chi connectivity index (χ1n) is 4.15. The van der Waals surface area contributed by atoms with Gasteiger partial charge in [-0.05, 0) is 13.8 Å². The molecule has 0 fully saturated rings. The SMILES string of the molecule is CC=NC(=CN(C)C)C(=O)OCC. The Labute approximate surface area is 78.9 Å². The zero-order valence-electron chi connectivity index (χ0n) is 8.57. The third-order valence-corrected chi connectivity index (χ3v) is 1.13. The second kappa shape index (κ2) is 6.22. The average Bonchev–Trinajstić information content (AvgIpc) is 2.03. The molecule has 4 heteroatoms. The molecule has 13 heavy (non-hydrogen) atoms. The number of nitrogens with zero attached hydrogens (tertiary/aromatic N) is 2. The van der Waals surface area contributed by atoms with E-state index in [0.717, 1.165) is 0 Å². The van der Waals surface area contributed by atoms with Crippen molar-refractivity contribution in [3.63, 3.8) is 0 Å². The molecule has 74 valence electrons. The molecule has 0 radical (unpaired) electrons. The molecule has 0 aromatic carbocycles. The van der Waals surface area contributed by atoms with E-state index in [9.17, 15) is 4.79 Å². The second-order valence-corrected chi connectivity index (χ2v) is 2.59. The van der Waals surface area contributed by atoms with Gasteiger partial charge in [-0.2, -0.15) is 0 Å². The minimum absolute atomic E-state index is 0.314. The number of ether oxygens (including phenoxy) is 1. The molecule has 0 saturated heterocycles. The van der Waals surface area contributed by atoms with Gasteiger partial charge < -0.3 is 9.64 Å². The highest BCUT2D eigenvalue weighted by molar-refractivity contribution is 5.89. The topological polar surface area (TPSA) is 41.9 Å². The molecule has 0 amide bonds. The van der Waals surface area contributed by atoms with Crippen molar-refractivity contribution in [2.24, 2.45) is 4.99 Å². The highest BCUT2D eigenvalue weighted by Gasteiger charge is 2.08. The molecule has 0 rings (SSSR count). The molecule has 0 aliphatic heterocycles. The third kappa shape index (κ3) is 5.00. The van der Waals surface area contributed by atoms with Crippen molar-refractivity contribution in [2.75, 3.05) is 20.7 Å². The molecule has 0 bridgehead atoms. The van der Waals surface area contributed by atoms with Crippen LogP contribution in [-0.4, -0.2) is 37.8 Å². The van der Waals surface area contributed by atoms with Gasteiger partial charge in [0.2, 0.25) is 0 Å². The molecule has 4 nitrogen and oxygen atoms in total. The lowest BCUT2D eigenvalue weighted by Crippen LogP contribution is -2.11. The highest BCUT2D eigenvalue weighted by Crippen LogP contribution is 2.00. The predicted molar refractivity (Wildman–Crippen MR) is 52.6 cm³/mol. The van der Waals surface area contributed by atoms with Gasteiger partial charge in [-0.3, -0.25) is 4.99 Å². The van der Waals surface area contributed by atoms with Crippen LogP contribution in [0.1, 0.15) is 13.8 Å². The molecule has 0 aliphatic rings. The Morgan fingerprint density at radius 3 is 2.54 bits per heavy atom. The lowest BCUT2D eigenvalue weighted by Gasteiger charge is -2.07. The first kappa shape index (κ1) is 11.7. The minimum atomic E-state index is -0.394. The fourth-order valence-electron chi connectivity index (χ4n) is 0.727. The molecule has 0 atom stereocenters. The van der Waals surface area contributed by atoms with Gasteiger partial charge in [-0.25, -0.2) is 4.79 Å². The van der Waals surface area contributed by atoms with Gasteiger partial charge in [0.15, 0.2) is 5.70 Å². The van der Waals surface area contributed by atoms with E-state index in [1.54, 1.807) is 31.2 Å². The van der Waals surface area contributed by atoms with Crippen molar-refractivity contribution in [1.29, 1.82) is 0 Å². The maximum absolute atomic E-state index is 11.2. The zero-order valence-corrected chi connectivity index (χ0v) is 8.57. The summed E-state index contributed by atoms with van der Waals surface area (Å²) >= 11 is 0. The minimum Gasteiger partial charge on any atom is -0.461 e. The first-order chi connectivity index (χ1) is 6.11. The van der Waals surface area contributed by atoms with Gasteiger partial charge in [-0.1, -0.05) is 0 Å². The van der Waals surface area contributed by atoms with Crippen LogP contribution in [0, 0.1) is 0 Å². The van der Waals surface area contributed by atoms with Gasteiger partial charge in [0.05, 0.1) is 6.61 Å². The van der Waals surface area contributed by atoms with Gasteiger partial charge in [0.1, 0.15) is 0 Å². The average molecular weight is 184 g/mol. The molecular weight excluding hydrogens is 168 g/mol. The van der Waals surface area contributed by atoms with Crippen LogP contribution in [0.15, 0.2) is 16.9 Å². The van der Waals surface area contributed by atoms with Gasteiger partial charge in [0.25, 0.3) is 0 Å². The third-order valence-electron chi connectivity index (χ3n) is 1.13. The monoisotopic (exact) mass is 184 g/mol. The largest absolute Gasteiger partial charge is 0.461 e. The Balaban J connectivity index is 4.50. The van der Waals surface area contributed by atoms with Crippen LogP contribution in [0.4, 0.5) is 0 Å². The molecule has 0 spiro atoms. The van der Waals surface area contributed by atoms with E-state index in [4.69, 9.17) is 4.74 Å². The van der Waals surface area contributed by atoms with Crippen molar-refractivity contribution in [1.82, 2.24) is 4.90 Å². The molecule has 0 N–H and O–H groups in total. The summed E-state index contributed by atoms with van der Waals surface area (Å²) in [4.78, 5) is 16.9. The zero-order chi connectivity index (χ0) is 10.3. The summed E-state index contributed by atoms with van der Waals surface area (Å²) < 4.78 is 4.81. The van der Waals surface area contributed by atoms with Gasteiger partial charge in [-0.15, -0.1) is 0 Å². The molecule has 0 aromatic heterocycles. The van der Waals surface area contributed by atoms with Crippen molar-refractivity contribution in [3.8, 4) is 0 Å². The van der Waals surface area contributed by atoms with E-state index < -0.39 is 5.97 Å². The van der Waals surface area contributed by atoms with Crippen LogP contribution in [0.25, 0.3) is 0 Å². The van der Waals surface area contributed by atoms with Crippen LogP contribution in [0.2, 0.25) is 0 Å². The Bertz CT molecular complexity index is 220. The predicted octanol–water partition coefficient (Wildman–Crippen LogP) is 1.04. The maximum atomic E-state index is 11.2. The highest BCUT2D eigenvalue weighted by atomic mass is 16.5. The van der Waals surface area contributed by atoms with Crippen molar-refractivity contribution >= 4 is 12.2 Å². The number of carbonyl (C=O) groups is 1. The number of rotatable bonds is 4. The number of esters is 1. The van der Waals surface area contributed by atoms with Crippen LogP contribution in [0.3, 0.4) is 0 Å². The maximum Gasteiger partial charge on any atom is 0.358 e. The number of aliphatic imine (C=N–C) groups is 1. The summed E-state index contributed by atoms with van der Waals surface area (Å²) in [6, 6.07) is 0. The Morgan fingerprint density at radius 1 is 1.54 bits per heavy atom. The van der Waals surface area contributed by atoms with Crippen LogP contribution >= 0.6 is 0 Å². The van der Waals surface area contributed by atoms with E-state index in [1.807, 2.05) is 14.1 Å². The summed E-state index contributed by atoms with van der Waals surface area (Å²) in [6.07, 6.45) is 3.18. The van der Waals surface area contributed by atoms with E-state index in [2.05, 4.69) is 4.99 Å². The van der Waals surface area contributed by atoms with Crippen LogP contribution in [-0.2, 0) is 9.53 Å². The summed E-state index contributed by atoms with van der Waals surface area (Å²) in [5.41, 5.74) is 0.314. The fourth-order valence-corrected chi connectivity index (χ4v) is 0.727. The molecule has 0 heterocycles. The molecular formula is C9H16N2O2. The van der Waals surface area contributed by atoms with Crippen LogP contribution < -0.4 is 0 Å². The molecule has 0 saturated carbocycles. The van der Waals surface area contributed by atoms with Crippen LogP contribution in [0.5, 0.6) is 0 Å². The van der Waals surface area contributed by atoms with E-state index in [1.165, 1.54) is 0 Å². The van der Waals surface area contributed by atoms with Crippen molar-refractivity contribution in [2.45, 2.75) is 13.8 Å². The van der Waals surface area contributed by atoms with E-state index >= 15 is 0 Å². The van der Waals surface area contributed by atoms with E-state index in [-0.39, 0.29) is 0 Å². The lowest BCUT2D eigenvalue weighted by molar-refractivity contribution is -0.138. The van der Waals surface area contributed by atoms with Gasteiger partial charge in [0, 0.05) is 26.5 Å². The standard InChI is InChI=1S/C9H16N2O2/c1-5-10-8(7-11(3)4)9(12)13-6-2/h5,7H,6H2,1-4H3. The number of hydrogen-bond donors (Lipinski definition) is 0.